The molecule has 1 heterocycles. The molecule has 1 saturated heterocycles. The molecule has 17 heavy (non-hydrogen) atoms. The summed E-state index contributed by atoms with van der Waals surface area (Å²) < 4.78 is 0. The second-order valence-corrected chi connectivity index (χ2v) is 6.34. The van der Waals surface area contributed by atoms with Crippen molar-refractivity contribution in [1.82, 2.24) is 10.6 Å². The maximum Gasteiger partial charge on any atom is 0.227 e. The topological polar surface area (TPSA) is 41.1 Å². The van der Waals surface area contributed by atoms with E-state index in [1.807, 2.05) is 0 Å². The molecule has 0 radical (unpaired) electrons. The number of carbonyl (C=O) groups excluding carboxylic acids is 1. The molecule has 1 saturated carbocycles. The van der Waals surface area contributed by atoms with Crippen molar-refractivity contribution in [2.45, 2.75) is 46.0 Å². The maximum atomic E-state index is 12.2. The second kappa shape index (κ2) is 5.38. The van der Waals surface area contributed by atoms with E-state index in [1.165, 1.54) is 19.3 Å². The standard InChI is InChI=1S/C14H26N2O/c1-11-4-5-12(8-11)9-16-13(17)14(2)6-3-7-15-10-14/h11-12,15H,3-10H2,1-2H3,(H,16,17). The van der Waals surface area contributed by atoms with Crippen LogP contribution in [0, 0.1) is 17.3 Å². The van der Waals surface area contributed by atoms with Gasteiger partial charge >= 0.3 is 0 Å². The van der Waals surface area contributed by atoms with Crippen molar-refractivity contribution in [2.75, 3.05) is 19.6 Å². The highest BCUT2D eigenvalue weighted by molar-refractivity contribution is 5.82. The molecule has 2 aliphatic rings. The fraction of sp³-hybridized carbons (Fsp3) is 0.929. The Morgan fingerprint density at radius 1 is 1.47 bits per heavy atom. The maximum absolute atomic E-state index is 12.2. The summed E-state index contributed by atoms with van der Waals surface area (Å²) in [4.78, 5) is 12.2. The van der Waals surface area contributed by atoms with Gasteiger partial charge in [0.1, 0.15) is 0 Å². The average molecular weight is 238 g/mol. The van der Waals surface area contributed by atoms with E-state index in [0.717, 1.165) is 38.4 Å². The first-order valence-corrected chi connectivity index (χ1v) is 7.09. The van der Waals surface area contributed by atoms with Gasteiger partial charge in [0.15, 0.2) is 0 Å². The molecule has 98 valence electrons. The molecule has 0 spiro atoms. The van der Waals surface area contributed by atoms with Gasteiger partial charge in [0.05, 0.1) is 5.41 Å². The lowest BCUT2D eigenvalue weighted by Gasteiger charge is -2.33. The van der Waals surface area contributed by atoms with Gasteiger partial charge in [-0.3, -0.25) is 4.79 Å². The number of hydrogen-bond donors (Lipinski definition) is 2. The Bertz CT molecular complexity index is 271. The lowest BCUT2D eigenvalue weighted by Crippen LogP contribution is -2.49. The van der Waals surface area contributed by atoms with Gasteiger partial charge in [-0.05, 0) is 51.0 Å². The fourth-order valence-corrected chi connectivity index (χ4v) is 3.21. The van der Waals surface area contributed by atoms with Gasteiger partial charge in [-0.2, -0.15) is 0 Å². The summed E-state index contributed by atoms with van der Waals surface area (Å²) in [5, 5.41) is 6.51. The second-order valence-electron chi connectivity index (χ2n) is 6.34. The van der Waals surface area contributed by atoms with Crippen molar-refractivity contribution in [1.29, 1.82) is 0 Å². The monoisotopic (exact) mass is 238 g/mol. The fourth-order valence-electron chi connectivity index (χ4n) is 3.21. The third-order valence-corrected chi connectivity index (χ3v) is 4.50. The Morgan fingerprint density at radius 2 is 2.29 bits per heavy atom. The van der Waals surface area contributed by atoms with E-state index < -0.39 is 0 Å². The van der Waals surface area contributed by atoms with Gasteiger partial charge in [0.25, 0.3) is 0 Å². The number of amides is 1. The predicted molar refractivity (Wildman–Crippen MR) is 69.7 cm³/mol. The number of carbonyl (C=O) groups is 1. The van der Waals surface area contributed by atoms with Crippen molar-refractivity contribution in [3.05, 3.63) is 0 Å². The third kappa shape index (κ3) is 3.21. The first-order chi connectivity index (χ1) is 8.10. The number of hydrogen-bond acceptors (Lipinski definition) is 2. The number of rotatable bonds is 3. The highest BCUT2D eigenvalue weighted by Gasteiger charge is 2.34. The summed E-state index contributed by atoms with van der Waals surface area (Å²) in [6.45, 7) is 7.18. The minimum absolute atomic E-state index is 0.178. The molecule has 3 nitrogen and oxygen atoms in total. The highest BCUT2D eigenvalue weighted by atomic mass is 16.2. The molecule has 3 unspecified atom stereocenters. The summed E-state index contributed by atoms with van der Waals surface area (Å²) in [6.07, 6.45) is 6.04. The van der Waals surface area contributed by atoms with Crippen LogP contribution >= 0.6 is 0 Å². The van der Waals surface area contributed by atoms with Gasteiger partial charge in [-0.1, -0.05) is 13.3 Å². The molecule has 2 N–H and O–H groups in total. The minimum atomic E-state index is -0.178. The van der Waals surface area contributed by atoms with Crippen LogP contribution in [0.25, 0.3) is 0 Å². The van der Waals surface area contributed by atoms with E-state index in [1.54, 1.807) is 0 Å². The Balaban J connectivity index is 1.76. The molecule has 1 aliphatic heterocycles. The molecule has 0 aromatic carbocycles. The zero-order valence-electron chi connectivity index (χ0n) is 11.2. The van der Waals surface area contributed by atoms with Gasteiger partial charge in [0.2, 0.25) is 5.91 Å². The average Bonchev–Trinajstić information content (AvgIpc) is 2.73. The quantitative estimate of drug-likeness (QED) is 0.789. The first kappa shape index (κ1) is 12.9. The van der Waals surface area contributed by atoms with Gasteiger partial charge < -0.3 is 10.6 Å². The Hall–Kier alpha value is -0.570. The SMILES string of the molecule is CC1CCC(CNC(=O)C2(C)CCCNC2)C1. The van der Waals surface area contributed by atoms with E-state index in [2.05, 4.69) is 24.5 Å². The summed E-state index contributed by atoms with van der Waals surface area (Å²) >= 11 is 0. The first-order valence-electron chi connectivity index (χ1n) is 7.09. The predicted octanol–water partition coefficient (Wildman–Crippen LogP) is 1.93. The highest BCUT2D eigenvalue weighted by Crippen LogP contribution is 2.30. The molecule has 0 aromatic heterocycles. The molecule has 3 heteroatoms. The van der Waals surface area contributed by atoms with E-state index in [4.69, 9.17) is 0 Å². The molecule has 0 bridgehead atoms. The van der Waals surface area contributed by atoms with Crippen LogP contribution in [-0.2, 0) is 4.79 Å². The molecule has 3 atom stereocenters. The van der Waals surface area contributed by atoms with Crippen molar-refractivity contribution in [2.24, 2.45) is 17.3 Å². The summed E-state index contributed by atoms with van der Waals surface area (Å²) in [5.74, 6) is 1.82. The number of nitrogens with one attached hydrogen (secondary N) is 2. The van der Waals surface area contributed by atoms with Crippen molar-refractivity contribution in [3.63, 3.8) is 0 Å². The van der Waals surface area contributed by atoms with E-state index in [0.29, 0.717) is 5.92 Å². The zero-order chi connectivity index (χ0) is 12.3. The third-order valence-electron chi connectivity index (χ3n) is 4.50. The Kier molecular flexibility index (Phi) is 4.08. The van der Waals surface area contributed by atoms with Crippen LogP contribution in [0.4, 0.5) is 0 Å². The van der Waals surface area contributed by atoms with Gasteiger partial charge in [-0.15, -0.1) is 0 Å². The molecule has 0 aromatic rings. The summed E-state index contributed by atoms with van der Waals surface area (Å²) in [7, 11) is 0. The largest absolute Gasteiger partial charge is 0.355 e. The van der Waals surface area contributed by atoms with E-state index >= 15 is 0 Å². The molecule has 1 aliphatic carbocycles. The van der Waals surface area contributed by atoms with Crippen LogP contribution in [0.1, 0.15) is 46.0 Å². The van der Waals surface area contributed by atoms with Crippen LogP contribution in [0.5, 0.6) is 0 Å². The lowest BCUT2D eigenvalue weighted by atomic mass is 9.82. The molecular formula is C14H26N2O. The molecular weight excluding hydrogens is 212 g/mol. The van der Waals surface area contributed by atoms with E-state index in [9.17, 15) is 4.79 Å². The molecule has 1 amide bonds. The van der Waals surface area contributed by atoms with Crippen LogP contribution in [0.3, 0.4) is 0 Å². The number of piperidine rings is 1. The van der Waals surface area contributed by atoms with Crippen LogP contribution in [0.15, 0.2) is 0 Å². The van der Waals surface area contributed by atoms with Crippen molar-refractivity contribution < 1.29 is 4.79 Å². The van der Waals surface area contributed by atoms with Gasteiger partial charge in [-0.25, -0.2) is 0 Å². The zero-order valence-corrected chi connectivity index (χ0v) is 11.2. The summed E-state index contributed by atoms with van der Waals surface area (Å²) in [6, 6.07) is 0. The normalized spacial score (nSPS) is 38.0. The summed E-state index contributed by atoms with van der Waals surface area (Å²) in [5.41, 5.74) is -0.178. The Morgan fingerprint density at radius 3 is 2.88 bits per heavy atom. The smallest absolute Gasteiger partial charge is 0.227 e. The van der Waals surface area contributed by atoms with Crippen molar-refractivity contribution >= 4 is 5.91 Å². The lowest BCUT2D eigenvalue weighted by molar-refractivity contribution is -0.131. The molecule has 2 rings (SSSR count). The Labute approximate surface area is 105 Å². The van der Waals surface area contributed by atoms with Crippen LogP contribution < -0.4 is 10.6 Å². The molecule has 2 fully saturated rings. The van der Waals surface area contributed by atoms with Crippen molar-refractivity contribution in [3.8, 4) is 0 Å². The van der Waals surface area contributed by atoms with Gasteiger partial charge in [0, 0.05) is 13.1 Å². The minimum Gasteiger partial charge on any atom is -0.355 e. The van der Waals surface area contributed by atoms with E-state index in [-0.39, 0.29) is 11.3 Å². The van der Waals surface area contributed by atoms with Crippen LogP contribution in [-0.4, -0.2) is 25.5 Å². The van der Waals surface area contributed by atoms with Crippen LogP contribution in [0.2, 0.25) is 0 Å².